The Balaban J connectivity index is 1.06. The lowest BCUT2D eigenvalue weighted by molar-refractivity contribution is -0.0807. The minimum atomic E-state index is -4.32. The maximum Gasteiger partial charge on any atom is 0.371 e. The summed E-state index contributed by atoms with van der Waals surface area (Å²) >= 11 is 0. The van der Waals surface area contributed by atoms with E-state index in [1.165, 1.54) is 25.3 Å². The zero-order valence-electron chi connectivity index (χ0n) is 38.3. The number of carbonyl (C=O) groups is 2. The van der Waals surface area contributed by atoms with E-state index in [0.717, 1.165) is 6.26 Å². The van der Waals surface area contributed by atoms with Gasteiger partial charge in [-0.15, -0.1) is 4.15 Å². The highest BCUT2D eigenvalue weighted by Gasteiger charge is 2.45. The van der Waals surface area contributed by atoms with Gasteiger partial charge in [-0.25, -0.2) is 44.9 Å². The zero-order chi connectivity index (χ0) is 48.7. The van der Waals surface area contributed by atoms with Gasteiger partial charge in [0.05, 0.1) is 50.4 Å². The fraction of sp³-hybridized carbons (Fsp3) is 0.432. The molecule has 8 rings (SSSR count). The molecule has 25 heteroatoms. The second kappa shape index (κ2) is 21.7. The number of hydrogen-bond acceptors (Lipinski definition) is 17. The Morgan fingerprint density at radius 1 is 0.768 bits per heavy atom. The Morgan fingerprint density at radius 2 is 1.29 bits per heavy atom. The summed E-state index contributed by atoms with van der Waals surface area (Å²) in [6.45, 7) is 14.1. The maximum absolute atomic E-state index is 13.2. The van der Waals surface area contributed by atoms with Crippen LogP contribution in [0.1, 0.15) is 73.7 Å². The number of anilines is 2. The van der Waals surface area contributed by atoms with E-state index in [1.54, 1.807) is 63.7 Å². The van der Waals surface area contributed by atoms with Crippen LogP contribution in [0.15, 0.2) is 90.1 Å². The van der Waals surface area contributed by atoms with Gasteiger partial charge in [-0.1, -0.05) is 36.4 Å². The minimum Gasteiger partial charge on any atom is -0.376 e. The highest BCUT2D eigenvalue weighted by atomic mass is 32.2. The number of fused-ring (bicyclic) bond motifs is 2. The molecule has 2 aliphatic heterocycles. The third-order valence-corrected chi connectivity index (χ3v) is 14.2. The van der Waals surface area contributed by atoms with E-state index < -0.39 is 54.6 Å². The summed E-state index contributed by atoms with van der Waals surface area (Å²) in [6, 6.07) is 17.3. The highest BCUT2D eigenvalue weighted by Crippen LogP contribution is 2.58. The van der Waals surface area contributed by atoms with E-state index >= 15 is 0 Å². The van der Waals surface area contributed by atoms with E-state index in [2.05, 4.69) is 49.5 Å². The molecule has 0 aliphatic carbocycles. The van der Waals surface area contributed by atoms with Crippen LogP contribution < -0.4 is 10.6 Å². The number of carbonyl (C=O) groups excluding carboxylic acids is 2. The molecule has 2 N–H and O–H groups in total. The number of sulfonamides is 1. The first-order valence-electron chi connectivity index (χ1n) is 22.0. The SMILES string of the molecule is [C-]#[N+]CCOP(=NS(C)(=O)=O)(OCC1OC(n2cnc3c(NC(=O)c4ccccc4)ncnc32)C[C@H]1OC(C)C)O[C@@H]1CC(n2cnc3c(NC(=O)c4ccccc4)ncnc32)OC1COC(C)C. The number of nitrogens with one attached hydrogen (secondary N) is 2. The number of hydrogen-bond donors (Lipinski definition) is 2. The van der Waals surface area contributed by atoms with Crippen molar-refractivity contribution in [2.75, 3.05) is 43.3 Å². The van der Waals surface area contributed by atoms with Crippen LogP contribution in [-0.2, 0) is 42.5 Å². The summed E-state index contributed by atoms with van der Waals surface area (Å²) in [6.07, 6.45) is 1.62. The van der Waals surface area contributed by atoms with Crippen molar-refractivity contribution in [3.8, 4) is 0 Å². The molecule has 2 amide bonds. The number of ether oxygens (including phenoxy) is 4. The van der Waals surface area contributed by atoms with Gasteiger partial charge in [0, 0.05) is 24.0 Å². The van der Waals surface area contributed by atoms with Crippen LogP contribution in [0.5, 0.6) is 0 Å². The molecule has 364 valence electrons. The van der Waals surface area contributed by atoms with Crippen LogP contribution in [0.4, 0.5) is 11.6 Å². The molecular formula is C44H51N12O11PS. The van der Waals surface area contributed by atoms with E-state index in [4.69, 9.17) is 39.1 Å². The van der Waals surface area contributed by atoms with Gasteiger partial charge in [-0.3, -0.25) is 32.3 Å². The molecule has 0 saturated carbocycles. The van der Waals surface area contributed by atoms with Crippen molar-refractivity contribution < 1.29 is 50.5 Å². The minimum absolute atomic E-state index is 0.0115. The molecule has 5 unspecified atom stereocenters. The first-order valence-corrected chi connectivity index (χ1v) is 25.3. The average molecular weight is 987 g/mol. The molecule has 7 atom stereocenters. The lowest BCUT2D eigenvalue weighted by Crippen LogP contribution is -2.33. The Morgan fingerprint density at radius 3 is 1.78 bits per heavy atom. The molecule has 69 heavy (non-hydrogen) atoms. The number of nitrogens with zero attached hydrogens (tertiary/aromatic N) is 10. The summed E-state index contributed by atoms with van der Waals surface area (Å²) in [5.41, 5.74) is 2.19. The second-order valence-corrected chi connectivity index (χ2v) is 20.3. The van der Waals surface area contributed by atoms with Crippen molar-refractivity contribution in [2.45, 2.75) is 89.6 Å². The van der Waals surface area contributed by atoms with Crippen molar-refractivity contribution in [1.29, 1.82) is 0 Å². The van der Waals surface area contributed by atoms with Crippen molar-refractivity contribution in [2.24, 2.45) is 4.15 Å². The average Bonchev–Trinajstić information content (AvgIpc) is 4.13. The molecule has 2 saturated heterocycles. The normalized spacial score (nSPS) is 21.4. The van der Waals surface area contributed by atoms with E-state index in [-0.39, 0.29) is 74.9 Å². The summed E-state index contributed by atoms with van der Waals surface area (Å²) in [7, 11) is -8.57. The van der Waals surface area contributed by atoms with Gasteiger partial charge < -0.3 is 34.4 Å². The Kier molecular flexibility index (Phi) is 15.5. The van der Waals surface area contributed by atoms with Gasteiger partial charge in [-0.05, 0) is 52.0 Å². The van der Waals surface area contributed by atoms with Crippen molar-refractivity contribution in [3.63, 3.8) is 0 Å². The molecular weight excluding hydrogens is 936 g/mol. The van der Waals surface area contributed by atoms with Crippen LogP contribution in [0.3, 0.4) is 0 Å². The van der Waals surface area contributed by atoms with Gasteiger partial charge in [0.15, 0.2) is 34.0 Å². The predicted molar refractivity (Wildman–Crippen MR) is 250 cm³/mol. The number of aromatic nitrogens is 8. The number of imidazole rings is 2. The van der Waals surface area contributed by atoms with Crippen molar-refractivity contribution in [1.82, 2.24) is 39.0 Å². The molecule has 0 bridgehead atoms. The van der Waals surface area contributed by atoms with Gasteiger partial charge in [0.1, 0.15) is 50.0 Å². The third kappa shape index (κ3) is 12.0. The Hall–Kier alpha value is -6.13. The second-order valence-electron chi connectivity index (χ2n) is 16.5. The summed E-state index contributed by atoms with van der Waals surface area (Å²) in [4.78, 5) is 56.0. The fourth-order valence-electron chi connectivity index (χ4n) is 7.67. The smallest absolute Gasteiger partial charge is 0.371 e. The first kappa shape index (κ1) is 49.3. The summed E-state index contributed by atoms with van der Waals surface area (Å²) < 4.78 is 78.6. The van der Waals surface area contributed by atoms with Gasteiger partial charge >= 0.3 is 7.74 Å². The molecule has 2 aromatic carbocycles. The zero-order valence-corrected chi connectivity index (χ0v) is 40.0. The monoisotopic (exact) mass is 986 g/mol. The molecule has 6 heterocycles. The Labute approximate surface area is 397 Å². The number of benzene rings is 2. The van der Waals surface area contributed by atoms with Crippen molar-refractivity contribution in [3.05, 3.63) is 109 Å². The maximum atomic E-state index is 13.2. The Bertz CT molecular complexity index is 2970. The van der Waals surface area contributed by atoms with Crippen LogP contribution >= 0.6 is 7.74 Å². The standard InChI is InChI=1S/C44H51N12O11PS/c1-27(2)61-21-33-32(20-36(65-33)56-26-51-38-40(47-24-49-42(38)56)53-44(58)30-15-11-8-12-16-30)67-68(54-69(6,59)60,62-18-17-45-5)63-22-34-31(64-28(3)4)19-35(66-34)55-25-50-37-39(46-23-48-41(37)55)52-43(57)29-13-9-7-10-14-29/h7-16,23-28,31-36H,17-22H2,1-4,6H3,(H,46,48,52,57)(H,47,49,53,58)/t31-,32-,33?,34?,35?,36?,68?/m1/s1. The van der Waals surface area contributed by atoms with Crippen LogP contribution in [0, 0.1) is 6.57 Å². The van der Waals surface area contributed by atoms with Crippen LogP contribution in [0.2, 0.25) is 0 Å². The lowest BCUT2D eigenvalue weighted by Gasteiger charge is -2.29. The van der Waals surface area contributed by atoms with Crippen LogP contribution in [-0.4, -0.2) is 129 Å². The molecule has 23 nitrogen and oxygen atoms in total. The van der Waals surface area contributed by atoms with Gasteiger partial charge in [0.25, 0.3) is 21.8 Å². The molecule has 0 radical (unpaired) electrons. The predicted octanol–water partition coefficient (Wildman–Crippen LogP) is 6.21. The van der Waals surface area contributed by atoms with Gasteiger partial charge in [0.2, 0.25) is 6.54 Å². The fourth-order valence-corrected chi connectivity index (χ4v) is 11.1. The quantitative estimate of drug-likeness (QED) is 0.0489. The van der Waals surface area contributed by atoms with E-state index in [9.17, 15) is 18.0 Å². The third-order valence-electron chi connectivity index (χ3n) is 10.7. The summed E-state index contributed by atoms with van der Waals surface area (Å²) in [5, 5.41) is 5.61. The number of amides is 2. The molecule has 6 aromatic rings. The molecule has 2 fully saturated rings. The van der Waals surface area contributed by atoms with E-state index in [1.807, 2.05) is 33.8 Å². The topological polar surface area (TPSA) is 261 Å². The van der Waals surface area contributed by atoms with Crippen molar-refractivity contribution >= 4 is 63.5 Å². The first-order chi connectivity index (χ1) is 33.2. The molecule has 0 spiro atoms. The number of rotatable bonds is 20. The molecule has 4 aromatic heterocycles. The largest absolute Gasteiger partial charge is 0.376 e. The van der Waals surface area contributed by atoms with Crippen LogP contribution in [0.25, 0.3) is 27.2 Å². The van der Waals surface area contributed by atoms with Gasteiger partial charge in [-0.2, -0.15) is 0 Å². The highest BCUT2D eigenvalue weighted by molar-refractivity contribution is 7.92. The lowest BCUT2D eigenvalue weighted by atomic mass is 10.2. The van der Waals surface area contributed by atoms with E-state index in [0.29, 0.717) is 33.5 Å². The summed E-state index contributed by atoms with van der Waals surface area (Å²) in [5.74, 6) is -0.382. The molecule has 2 aliphatic rings.